The average Bonchev–Trinajstić information content (AvgIpc) is 2.67. The van der Waals surface area contributed by atoms with Gasteiger partial charge in [0.25, 0.3) is 0 Å². The van der Waals surface area contributed by atoms with Crippen molar-refractivity contribution in [2.45, 2.75) is 32.2 Å². The minimum atomic E-state index is 0.0129. The summed E-state index contributed by atoms with van der Waals surface area (Å²) in [5, 5.41) is 0. The number of carbonyl (C=O) groups is 1. The van der Waals surface area contributed by atoms with E-state index < -0.39 is 0 Å². The molecule has 1 aliphatic heterocycles. The van der Waals surface area contributed by atoms with Crippen molar-refractivity contribution >= 4 is 5.91 Å². The van der Waals surface area contributed by atoms with Crippen LogP contribution in [0.25, 0.3) is 0 Å². The molecule has 0 spiro atoms. The van der Waals surface area contributed by atoms with Crippen molar-refractivity contribution < 1.29 is 9.53 Å². The van der Waals surface area contributed by atoms with Gasteiger partial charge in [0.05, 0.1) is 6.61 Å². The third-order valence-corrected chi connectivity index (χ3v) is 3.00. The molecule has 0 saturated carbocycles. The minimum absolute atomic E-state index is 0.0129. The first-order valence-corrected chi connectivity index (χ1v) is 5.69. The molecule has 1 fully saturated rings. The van der Waals surface area contributed by atoms with E-state index in [1.165, 1.54) is 0 Å². The second-order valence-electron chi connectivity index (χ2n) is 4.32. The Morgan fingerprint density at radius 2 is 2.40 bits per heavy atom. The molecular weight excluding hydrogens is 192 g/mol. The van der Waals surface area contributed by atoms with Crippen LogP contribution in [0.1, 0.15) is 26.2 Å². The van der Waals surface area contributed by atoms with E-state index in [1.54, 1.807) is 7.11 Å². The summed E-state index contributed by atoms with van der Waals surface area (Å²) >= 11 is 0. The van der Waals surface area contributed by atoms with Crippen molar-refractivity contribution in [3.8, 4) is 0 Å². The smallest absolute Gasteiger partial charge is 0.224 e. The first kappa shape index (κ1) is 12.5. The van der Waals surface area contributed by atoms with Crippen LogP contribution in [0.4, 0.5) is 0 Å². The van der Waals surface area contributed by atoms with Gasteiger partial charge in [-0.1, -0.05) is 6.92 Å². The lowest BCUT2D eigenvalue weighted by atomic mass is 10.1. The summed E-state index contributed by atoms with van der Waals surface area (Å²) in [5.74, 6) is 0.708. The Balaban J connectivity index is 2.30. The molecule has 0 aliphatic carbocycles. The number of nitrogens with zero attached hydrogens (tertiary/aromatic N) is 1. The summed E-state index contributed by atoms with van der Waals surface area (Å²) in [4.78, 5) is 13.7. The van der Waals surface area contributed by atoms with Gasteiger partial charge in [-0.2, -0.15) is 0 Å². The Morgan fingerprint density at radius 1 is 1.67 bits per heavy atom. The first-order valence-electron chi connectivity index (χ1n) is 5.69. The molecule has 0 aromatic rings. The fraction of sp³-hybridized carbons (Fsp3) is 0.909. The number of methoxy groups -OCH3 is 1. The molecule has 1 amide bonds. The molecule has 2 N–H and O–H groups in total. The van der Waals surface area contributed by atoms with Gasteiger partial charge < -0.3 is 15.4 Å². The maximum absolute atomic E-state index is 11.8. The zero-order valence-corrected chi connectivity index (χ0v) is 9.74. The van der Waals surface area contributed by atoms with Gasteiger partial charge in [-0.15, -0.1) is 0 Å². The molecule has 0 aromatic heterocycles. The lowest BCUT2D eigenvalue weighted by Crippen LogP contribution is -2.34. The maximum Gasteiger partial charge on any atom is 0.224 e. The van der Waals surface area contributed by atoms with Crippen molar-refractivity contribution in [3.63, 3.8) is 0 Å². The molecule has 15 heavy (non-hydrogen) atoms. The van der Waals surface area contributed by atoms with Crippen LogP contribution >= 0.6 is 0 Å². The summed E-state index contributed by atoms with van der Waals surface area (Å²) in [6, 6.07) is 0.0129. The van der Waals surface area contributed by atoms with Crippen LogP contribution in [0, 0.1) is 5.92 Å². The molecule has 88 valence electrons. The Kier molecular flexibility index (Phi) is 5.05. The van der Waals surface area contributed by atoms with E-state index in [4.69, 9.17) is 10.5 Å². The molecule has 1 rings (SSSR count). The van der Waals surface area contributed by atoms with Crippen molar-refractivity contribution in [3.05, 3.63) is 0 Å². The molecule has 0 radical (unpaired) electrons. The van der Waals surface area contributed by atoms with Crippen LogP contribution < -0.4 is 5.73 Å². The number of rotatable bonds is 5. The Labute approximate surface area is 91.8 Å². The zero-order valence-electron chi connectivity index (χ0n) is 9.74. The number of hydrogen-bond donors (Lipinski definition) is 1. The van der Waals surface area contributed by atoms with Crippen LogP contribution in [0.3, 0.4) is 0 Å². The number of amides is 1. The minimum Gasteiger partial charge on any atom is -0.384 e. The van der Waals surface area contributed by atoms with E-state index in [0.717, 1.165) is 32.5 Å². The number of likely N-dealkylation sites (tertiary alicyclic amines) is 1. The Hall–Kier alpha value is -0.610. The molecular formula is C11H22N2O2. The molecule has 1 aliphatic rings. The van der Waals surface area contributed by atoms with Crippen molar-refractivity contribution in [2.24, 2.45) is 11.7 Å². The van der Waals surface area contributed by atoms with Crippen molar-refractivity contribution in [1.29, 1.82) is 0 Å². The molecule has 4 nitrogen and oxygen atoms in total. The van der Waals surface area contributed by atoms with Gasteiger partial charge in [-0.3, -0.25) is 4.79 Å². The molecule has 4 heteroatoms. The summed E-state index contributed by atoms with van der Waals surface area (Å²) in [6.07, 6.45) is 2.40. The van der Waals surface area contributed by atoms with Crippen LogP contribution in [0.15, 0.2) is 0 Å². The maximum atomic E-state index is 11.8. The molecule has 1 saturated heterocycles. The predicted octanol–water partition coefficient (Wildman–Crippen LogP) is 0.609. The van der Waals surface area contributed by atoms with Gasteiger partial charge in [0.15, 0.2) is 0 Å². The van der Waals surface area contributed by atoms with E-state index >= 15 is 0 Å². The summed E-state index contributed by atoms with van der Waals surface area (Å²) in [7, 11) is 1.71. The summed E-state index contributed by atoms with van der Waals surface area (Å²) < 4.78 is 5.09. The number of nitrogens with two attached hydrogens (primary N) is 1. The fourth-order valence-corrected chi connectivity index (χ4v) is 1.93. The van der Waals surface area contributed by atoms with Crippen LogP contribution in [0.5, 0.6) is 0 Å². The Bertz CT molecular complexity index is 209. The van der Waals surface area contributed by atoms with Gasteiger partial charge in [0.1, 0.15) is 0 Å². The molecule has 1 heterocycles. The number of carbonyl (C=O) groups excluding carboxylic acids is 1. The molecule has 2 unspecified atom stereocenters. The quantitative estimate of drug-likeness (QED) is 0.729. The van der Waals surface area contributed by atoms with Crippen LogP contribution in [-0.4, -0.2) is 43.7 Å². The van der Waals surface area contributed by atoms with E-state index in [9.17, 15) is 4.79 Å². The van der Waals surface area contributed by atoms with Crippen LogP contribution in [0.2, 0.25) is 0 Å². The molecule has 2 atom stereocenters. The topological polar surface area (TPSA) is 55.6 Å². The monoisotopic (exact) mass is 214 g/mol. The van der Waals surface area contributed by atoms with Crippen LogP contribution in [-0.2, 0) is 9.53 Å². The highest BCUT2D eigenvalue weighted by molar-refractivity contribution is 5.77. The lowest BCUT2D eigenvalue weighted by Gasteiger charge is -2.18. The predicted molar refractivity (Wildman–Crippen MR) is 59.4 cm³/mol. The van der Waals surface area contributed by atoms with Gasteiger partial charge in [-0.05, 0) is 12.8 Å². The Morgan fingerprint density at radius 3 is 3.00 bits per heavy atom. The lowest BCUT2D eigenvalue weighted by molar-refractivity contribution is -0.130. The van der Waals surface area contributed by atoms with E-state index in [-0.39, 0.29) is 11.9 Å². The van der Waals surface area contributed by atoms with Crippen molar-refractivity contribution in [2.75, 3.05) is 26.8 Å². The normalized spacial score (nSPS) is 23.1. The SMILES string of the molecule is CCC(N)CC(=O)N1CCC(COC)C1. The fourth-order valence-electron chi connectivity index (χ4n) is 1.93. The highest BCUT2D eigenvalue weighted by Crippen LogP contribution is 2.17. The van der Waals surface area contributed by atoms with Gasteiger partial charge in [-0.25, -0.2) is 0 Å². The molecule has 0 aromatic carbocycles. The van der Waals surface area contributed by atoms with E-state index in [0.29, 0.717) is 12.3 Å². The van der Waals surface area contributed by atoms with Crippen molar-refractivity contribution in [1.82, 2.24) is 4.90 Å². The standard InChI is InChI=1S/C11H22N2O2/c1-3-10(12)6-11(14)13-5-4-9(7-13)8-15-2/h9-10H,3-8,12H2,1-2H3. The second kappa shape index (κ2) is 6.08. The average molecular weight is 214 g/mol. The third kappa shape index (κ3) is 3.80. The van der Waals surface area contributed by atoms with Gasteiger partial charge in [0, 0.05) is 38.6 Å². The van der Waals surface area contributed by atoms with Gasteiger partial charge >= 0.3 is 0 Å². The highest BCUT2D eigenvalue weighted by atomic mass is 16.5. The molecule has 0 bridgehead atoms. The summed E-state index contributed by atoms with van der Waals surface area (Å²) in [5.41, 5.74) is 5.76. The van der Waals surface area contributed by atoms with Gasteiger partial charge in [0.2, 0.25) is 5.91 Å². The first-order chi connectivity index (χ1) is 7.17. The summed E-state index contributed by atoms with van der Waals surface area (Å²) in [6.45, 7) is 4.46. The van der Waals surface area contributed by atoms with E-state index in [2.05, 4.69) is 0 Å². The third-order valence-electron chi connectivity index (χ3n) is 3.00. The highest BCUT2D eigenvalue weighted by Gasteiger charge is 2.26. The zero-order chi connectivity index (χ0) is 11.3. The number of hydrogen-bond acceptors (Lipinski definition) is 3. The largest absolute Gasteiger partial charge is 0.384 e. The van der Waals surface area contributed by atoms with E-state index in [1.807, 2.05) is 11.8 Å². The second-order valence-corrected chi connectivity index (χ2v) is 4.32. The number of ether oxygens (including phenoxy) is 1.